The smallest absolute Gasteiger partial charge is 0.149 e. The molecule has 0 atom stereocenters. The van der Waals surface area contributed by atoms with Crippen molar-refractivity contribution >= 4 is 11.5 Å². The monoisotopic (exact) mass is 234 g/mol. The van der Waals surface area contributed by atoms with E-state index in [1.807, 2.05) is 6.07 Å². The van der Waals surface area contributed by atoms with Gasteiger partial charge in [0.05, 0.1) is 11.3 Å². The van der Waals surface area contributed by atoms with Crippen LogP contribution in [0.1, 0.15) is 24.8 Å². The van der Waals surface area contributed by atoms with E-state index < -0.39 is 0 Å². The zero-order valence-electron chi connectivity index (χ0n) is 10.1. The molecule has 5 nitrogen and oxygen atoms in total. The van der Waals surface area contributed by atoms with Gasteiger partial charge in [0.25, 0.3) is 0 Å². The van der Waals surface area contributed by atoms with E-state index in [9.17, 15) is 0 Å². The highest BCUT2D eigenvalue weighted by Crippen LogP contribution is 2.15. The van der Waals surface area contributed by atoms with E-state index in [2.05, 4.69) is 10.3 Å². The van der Waals surface area contributed by atoms with Gasteiger partial charge in [0.15, 0.2) is 0 Å². The molecule has 0 aliphatic heterocycles. The minimum atomic E-state index is 0.480. The van der Waals surface area contributed by atoms with E-state index in [4.69, 9.17) is 15.7 Å². The number of hydrogen-bond donors (Lipinski definition) is 2. The van der Waals surface area contributed by atoms with Gasteiger partial charge in [-0.25, -0.2) is 4.98 Å². The largest absolute Gasteiger partial charge is 0.396 e. The van der Waals surface area contributed by atoms with Crippen LogP contribution in [0.3, 0.4) is 0 Å². The Balaban J connectivity index is 2.30. The average molecular weight is 234 g/mol. The number of nitrogen functional groups attached to an aromatic ring is 1. The van der Waals surface area contributed by atoms with E-state index >= 15 is 0 Å². The standard InChI is InChI=1S/C12H18N4O/c1-17-6-4-2-3-5-15-12-11(14)7-10(8-13)9-16-12/h7,9H,2-6,14H2,1H3,(H,15,16). The lowest BCUT2D eigenvalue weighted by Crippen LogP contribution is -2.06. The van der Waals surface area contributed by atoms with Gasteiger partial charge in [0, 0.05) is 26.5 Å². The molecule has 0 amide bonds. The number of nitrogens with one attached hydrogen (secondary N) is 1. The second kappa shape index (κ2) is 7.47. The van der Waals surface area contributed by atoms with Crippen LogP contribution in [0.15, 0.2) is 12.3 Å². The molecule has 1 aromatic heterocycles. The van der Waals surface area contributed by atoms with Gasteiger partial charge < -0.3 is 15.8 Å². The fourth-order valence-corrected chi connectivity index (χ4v) is 1.45. The summed E-state index contributed by atoms with van der Waals surface area (Å²) >= 11 is 0. The first kappa shape index (κ1) is 13.3. The van der Waals surface area contributed by atoms with E-state index in [1.54, 1.807) is 13.2 Å². The van der Waals surface area contributed by atoms with Crippen LogP contribution in [0, 0.1) is 11.3 Å². The van der Waals surface area contributed by atoms with Gasteiger partial charge in [-0.3, -0.25) is 0 Å². The average Bonchev–Trinajstić information content (AvgIpc) is 2.35. The van der Waals surface area contributed by atoms with Crippen LogP contribution in [-0.2, 0) is 4.74 Å². The molecule has 0 fully saturated rings. The predicted molar refractivity (Wildman–Crippen MR) is 67.6 cm³/mol. The van der Waals surface area contributed by atoms with Crippen LogP contribution in [0.5, 0.6) is 0 Å². The Morgan fingerprint density at radius 3 is 2.94 bits per heavy atom. The van der Waals surface area contributed by atoms with Gasteiger partial charge in [-0.2, -0.15) is 5.26 Å². The van der Waals surface area contributed by atoms with Crippen molar-refractivity contribution in [2.24, 2.45) is 0 Å². The van der Waals surface area contributed by atoms with Crippen molar-refractivity contribution in [2.45, 2.75) is 19.3 Å². The van der Waals surface area contributed by atoms with Crippen LogP contribution in [-0.4, -0.2) is 25.2 Å². The summed E-state index contributed by atoms with van der Waals surface area (Å²) in [6.45, 7) is 1.63. The Labute approximate surface area is 102 Å². The molecule has 0 bridgehead atoms. The number of nitrogens with zero attached hydrogens (tertiary/aromatic N) is 2. The molecule has 0 aliphatic carbocycles. The maximum atomic E-state index is 8.67. The quantitative estimate of drug-likeness (QED) is 0.702. The predicted octanol–water partition coefficient (Wildman–Crippen LogP) is 1.76. The van der Waals surface area contributed by atoms with Crippen molar-refractivity contribution in [1.82, 2.24) is 4.98 Å². The topological polar surface area (TPSA) is 84.0 Å². The maximum absolute atomic E-state index is 8.67. The lowest BCUT2D eigenvalue weighted by atomic mass is 10.2. The van der Waals surface area contributed by atoms with E-state index in [0.29, 0.717) is 17.1 Å². The number of aromatic nitrogens is 1. The number of nitrogens with two attached hydrogens (primary N) is 1. The summed E-state index contributed by atoms with van der Waals surface area (Å²) in [5, 5.41) is 11.8. The molecular formula is C12H18N4O. The first-order valence-corrected chi connectivity index (χ1v) is 5.66. The maximum Gasteiger partial charge on any atom is 0.149 e. The van der Waals surface area contributed by atoms with Crippen LogP contribution >= 0.6 is 0 Å². The van der Waals surface area contributed by atoms with Crippen molar-refractivity contribution < 1.29 is 4.74 Å². The van der Waals surface area contributed by atoms with Crippen molar-refractivity contribution in [3.8, 4) is 6.07 Å². The molecule has 0 unspecified atom stereocenters. The Morgan fingerprint density at radius 1 is 1.47 bits per heavy atom. The van der Waals surface area contributed by atoms with Crippen LogP contribution in [0.2, 0.25) is 0 Å². The molecule has 3 N–H and O–H groups in total. The van der Waals surface area contributed by atoms with Crippen LogP contribution in [0.4, 0.5) is 11.5 Å². The second-order valence-corrected chi connectivity index (χ2v) is 3.75. The molecule has 92 valence electrons. The Kier molecular flexibility index (Phi) is 5.83. The number of rotatable bonds is 7. The molecule has 0 radical (unpaired) electrons. The van der Waals surface area contributed by atoms with Crippen molar-refractivity contribution in [2.75, 3.05) is 31.3 Å². The zero-order chi connectivity index (χ0) is 12.5. The number of nitriles is 1. The van der Waals surface area contributed by atoms with Gasteiger partial charge in [-0.15, -0.1) is 0 Å². The van der Waals surface area contributed by atoms with Crippen molar-refractivity contribution in [3.05, 3.63) is 17.8 Å². The first-order valence-electron chi connectivity index (χ1n) is 5.66. The van der Waals surface area contributed by atoms with E-state index in [0.717, 1.165) is 32.4 Å². The third-order valence-electron chi connectivity index (χ3n) is 2.36. The van der Waals surface area contributed by atoms with Gasteiger partial charge in [0.2, 0.25) is 0 Å². The van der Waals surface area contributed by atoms with E-state index in [1.165, 1.54) is 6.20 Å². The third kappa shape index (κ3) is 4.70. The molecule has 0 spiro atoms. The number of pyridine rings is 1. The molecular weight excluding hydrogens is 216 g/mol. The Morgan fingerprint density at radius 2 is 2.29 bits per heavy atom. The summed E-state index contributed by atoms with van der Waals surface area (Å²) in [5.74, 6) is 0.649. The lowest BCUT2D eigenvalue weighted by Gasteiger charge is -2.07. The number of ether oxygens (including phenoxy) is 1. The number of unbranched alkanes of at least 4 members (excludes halogenated alkanes) is 2. The highest BCUT2D eigenvalue weighted by Gasteiger charge is 2.01. The van der Waals surface area contributed by atoms with Gasteiger partial charge in [-0.1, -0.05) is 0 Å². The Hall–Kier alpha value is -1.80. The Bertz CT molecular complexity index is 387. The summed E-state index contributed by atoms with van der Waals surface area (Å²) in [6.07, 6.45) is 4.74. The molecule has 1 heterocycles. The van der Waals surface area contributed by atoms with Crippen molar-refractivity contribution in [1.29, 1.82) is 5.26 Å². The molecule has 5 heteroatoms. The highest BCUT2D eigenvalue weighted by atomic mass is 16.5. The summed E-state index contributed by atoms with van der Waals surface area (Å²) in [4.78, 5) is 4.10. The fraction of sp³-hybridized carbons (Fsp3) is 0.500. The van der Waals surface area contributed by atoms with Gasteiger partial charge >= 0.3 is 0 Å². The summed E-state index contributed by atoms with van der Waals surface area (Å²) in [5.41, 5.74) is 6.76. The minimum Gasteiger partial charge on any atom is -0.396 e. The molecule has 1 aromatic rings. The lowest BCUT2D eigenvalue weighted by molar-refractivity contribution is 0.192. The molecule has 0 aromatic carbocycles. The third-order valence-corrected chi connectivity index (χ3v) is 2.36. The normalized spacial score (nSPS) is 9.88. The van der Waals surface area contributed by atoms with Crippen LogP contribution < -0.4 is 11.1 Å². The summed E-state index contributed by atoms with van der Waals surface area (Å²) < 4.78 is 4.97. The highest BCUT2D eigenvalue weighted by molar-refractivity contribution is 5.62. The number of hydrogen-bond acceptors (Lipinski definition) is 5. The van der Waals surface area contributed by atoms with E-state index in [-0.39, 0.29) is 0 Å². The van der Waals surface area contributed by atoms with Crippen molar-refractivity contribution in [3.63, 3.8) is 0 Å². The minimum absolute atomic E-state index is 0.480. The molecule has 17 heavy (non-hydrogen) atoms. The van der Waals surface area contributed by atoms with Gasteiger partial charge in [0.1, 0.15) is 11.9 Å². The second-order valence-electron chi connectivity index (χ2n) is 3.75. The number of anilines is 2. The number of methoxy groups -OCH3 is 1. The SMILES string of the molecule is COCCCCCNc1ncc(C#N)cc1N. The molecule has 0 saturated carbocycles. The molecule has 0 aliphatic rings. The van der Waals surface area contributed by atoms with Crippen LogP contribution in [0.25, 0.3) is 0 Å². The summed E-state index contributed by atoms with van der Waals surface area (Å²) in [6, 6.07) is 3.63. The fourth-order valence-electron chi connectivity index (χ4n) is 1.45. The first-order chi connectivity index (χ1) is 8.27. The molecule has 1 rings (SSSR count). The summed E-state index contributed by atoms with van der Waals surface area (Å²) in [7, 11) is 1.71. The zero-order valence-corrected chi connectivity index (χ0v) is 10.1. The molecule has 0 saturated heterocycles. The van der Waals surface area contributed by atoms with Gasteiger partial charge in [-0.05, 0) is 25.3 Å².